The van der Waals surface area contributed by atoms with Gasteiger partial charge in [0.1, 0.15) is 0 Å². The van der Waals surface area contributed by atoms with Crippen LogP contribution in [0.5, 0.6) is 0 Å². The molecule has 1 unspecified atom stereocenters. The highest BCUT2D eigenvalue weighted by Gasteiger charge is 2.56. The van der Waals surface area contributed by atoms with Gasteiger partial charge in [0.2, 0.25) is 0 Å². The number of carbonyl (C=O) groups excluding carboxylic acids is 1. The number of benzene rings is 3. The fourth-order valence-corrected chi connectivity index (χ4v) is 13.2. The number of aryl methyl sites for hydroxylation is 1. The van der Waals surface area contributed by atoms with Crippen LogP contribution >= 0.6 is 0 Å². The topological polar surface area (TPSA) is 74.2 Å². The number of carbonyl (C=O) groups is 1. The number of esters is 1. The standard InChI is InChI=1S/C44H60O6Si/c1-43(2,3)51(36-22-12-8-13-23-36,37-24-14-9-15-25-37)49-33-38-39(26-16-5-6-17-27-41(46)47-4)44(34-45,30-29-35-20-10-7-11-21-35)32-40(38)50-42-28-18-19-31-48-42/h5,7-16,20-25,38-40,42,45H,6,17-19,26-34H2,1-4H3/b16-5-/t38-,39-,40-,42?,44-/m1/s1. The highest BCUT2D eigenvalue weighted by atomic mass is 28.4. The number of aliphatic hydroxyl groups excluding tert-OH is 1. The zero-order valence-electron chi connectivity index (χ0n) is 31.3. The molecule has 1 aliphatic carbocycles. The summed E-state index contributed by atoms with van der Waals surface area (Å²) in [7, 11) is -1.39. The van der Waals surface area contributed by atoms with E-state index in [-0.39, 0.29) is 47.3 Å². The molecule has 0 aromatic heterocycles. The Hall–Kier alpha value is -3.07. The number of methoxy groups -OCH3 is 1. The van der Waals surface area contributed by atoms with E-state index in [9.17, 15) is 9.90 Å². The quantitative estimate of drug-likeness (QED) is 0.0662. The van der Waals surface area contributed by atoms with Gasteiger partial charge in [0.05, 0.1) is 13.2 Å². The average molecular weight is 713 g/mol. The lowest BCUT2D eigenvalue weighted by Crippen LogP contribution is -2.67. The molecule has 1 N–H and O–H groups in total. The smallest absolute Gasteiger partial charge is 0.305 e. The molecule has 7 heteroatoms. The summed E-state index contributed by atoms with van der Waals surface area (Å²) in [4.78, 5) is 11.7. The number of aliphatic hydroxyl groups is 1. The molecule has 0 spiro atoms. The highest BCUT2D eigenvalue weighted by molar-refractivity contribution is 6.99. The van der Waals surface area contributed by atoms with Crippen molar-refractivity contribution in [1.29, 1.82) is 0 Å². The van der Waals surface area contributed by atoms with Crippen LogP contribution < -0.4 is 10.4 Å². The Morgan fingerprint density at radius 2 is 1.59 bits per heavy atom. The van der Waals surface area contributed by atoms with E-state index in [2.05, 4.69) is 124 Å². The Morgan fingerprint density at radius 1 is 0.941 bits per heavy atom. The number of allylic oxidation sites excluding steroid dienone is 2. The number of hydrogen-bond acceptors (Lipinski definition) is 6. The first-order chi connectivity index (χ1) is 24.7. The molecule has 0 bridgehead atoms. The van der Waals surface area contributed by atoms with E-state index in [0.717, 1.165) is 64.4 Å². The fraction of sp³-hybridized carbons (Fsp3) is 0.523. The van der Waals surface area contributed by atoms with Gasteiger partial charge in [0.15, 0.2) is 6.29 Å². The zero-order chi connectivity index (χ0) is 36.2. The maximum absolute atomic E-state index is 11.7. The van der Waals surface area contributed by atoms with Gasteiger partial charge < -0.3 is 23.7 Å². The maximum atomic E-state index is 11.7. The number of ether oxygens (including phenoxy) is 3. The Kier molecular flexibility index (Phi) is 14.3. The third-order valence-electron chi connectivity index (χ3n) is 11.4. The van der Waals surface area contributed by atoms with Gasteiger partial charge in [-0.15, -0.1) is 0 Å². The van der Waals surface area contributed by atoms with Crippen molar-refractivity contribution in [1.82, 2.24) is 0 Å². The van der Waals surface area contributed by atoms with E-state index in [1.165, 1.54) is 23.0 Å². The first kappa shape index (κ1) is 39.1. The maximum Gasteiger partial charge on any atom is 0.305 e. The van der Waals surface area contributed by atoms with Gasteiger partial charge in [0.25, 0.3) is 8.32 Å². The molecular weight excluding hydrogens is 653 g/mol. The molecule has 1 saturated heterocycles. The van der Waals surface area contributed by atoms with Crippen LogP contribution in [0.25, 0.3) is 0 Å². The minimum Gasteiger partial charge on any atom is -0.469 e. The van der Waals surface area contributed by atoms with Crippen molar-refractivity contribution in [2.45, 2.75) is 102 Å². The van der Waals surface area contributed by atoms with Crippen LogP contribution in [-0.4, -0.2) is 58.7 Å². The predicted molar refractivity (Wildman–Crippen MR) is 208 cm³/mol. The molecule has 1 heterocycles. The van der Waals surface area contributed by atoms with Crippen molar-refractivity contribution < 1.29 is 28.5 Å². The monoisotopic (exact) mass is 712 g/mol. The Labute approximate surface area is 307 Å². The average Bonchev–Trinajstić information content (AvgIpc) is 3.45. The molecule has 6 nitrogen and oxygen atoms in total. The van der Waals surface area contributed by atoms with E-state index in [0.29, 0.717) is 13.0 Å². The van der Waals surface area contributed by atoms with Gasteiger partial charge in [-0.1, -0.05) is 124 Å². The number of hydrogen-bond donors (Lipinski definition) is 1. The van der Waals surface area contributed by atoms with Crippen molar-refractivity contribution in [2.24, 2.45) is 17.3 Å². The van der Waals surface area contributed by atoms with E-state index in [4.69, 9.17) is 18.6 Å². The molecule has 0 amide bonds. The summed E-state index contributed by atoms with van der Waals surface area (Å²) in [5.74, 6) is -0.0143. The zero-order valence-corrected chi connectivity index (χ0v) is 32.3. The molecule has 51 heavy (non-hydrogen) atoms. The van der Waals surface area contributed by atoms with Crippen molar-refractivity contribution in [2.75, 3.05) is 26.9 Å². The highest BCUT2D eigenvalue weighted by Crippen LogP contribution is 2.54. The van der Waals surface area contributed by atoms with E-state index >= 15 is 0 Å². The Bertz CT molecular complexity index is 1440. The van der Waals surface area contributed by atoms with Crippen molar-refractivity contribution in [3.63, 3.8) is 0 Å². The normalized spacial score (nSPS) is 24.2. The first-order valence-electron chi connectivity index (χ1n) is 19.1. The number of unbranched alkanes of at least 4 members (excludes halogenated alkanes) is 1. The second-order valence-corrected chi connectivity index (χ2v) is 19.9. The van der Waals surface area contributed by atoms with Crippen LogP contribution in [0.2, 0.25) is 5.04 Å². The van der Waals surface area contributed by atoms with E-state index in [1.807, 2.05) is 0 Å². The van der Waals surface area contributed by atoms with Crippen molar-refractivity contribution >= 4 is 24.7 Å². The molecule has 3 aromatic carbocycles. The summed E-state index contributed by atoms with van der Waals surface area (Å²) in [5.41, 5.74) is 0.924. The largest absolute Gasteiger partial charge is 0.469 e. The lowest BCUT2D eigenvalue weighted by molar-refractivity contribution is -0.198. The fourth-order valence-electron chi connectivity index (χ4n) is 8.62. The molecule has 2 fully saturated rings. The molecule has 5 atom stereocenters. The van der Waals surface area contributed by atoms with Gasteiger partial charge >= 0.3 is 5.97 Å². The van der Waals surface area contributed by atoms with Crippen LogP contribution in [0.1, 0.15) is 84.1 Å². The van der Waals surface area contributed by atoms with Crippen LogP contribution in [-0.2, 0) is 29.9 Å². The Morgan fingerprint density at radius 3 is 2.16 bits per heavy atom. The lowest BCUT2D eigenvalue weighted by Gasteiger charge is -2.44. The van der Waals surface area contributed by atoms with Crippen LogP contribution in [0.4, 0.5) is 0 Å². The molecule has 5 rings (SSSR count). The van der Waals surface area contributed by atoms with E-state index in [1.54, 1.807) is 0 Å². The van der Waals surface area contributed by atoms with Crippen LogP contribution in [0, 0.1) is 17.3 Å². The molecule has 276 valence electrons. The van der Waals surface area contributed by atoms with Gasteiger partial charge in [0, 0.05) is 32.2 Å². The summed E-state index contributed by atoms with van der Waals surface area (Å²) >= 11 is 0. The minimum absolute atomic E-state index is 0.0415. The molecule has 3 aromatic rings. The minimum atomic E-state index is -2.83. The molecule has 2 aliphatic rings. The molecule has 1 saturated carbocycles. The van der Waals surface area contributed by atoms with Crippen molar-refractivity contribution in [3.8, 4) is 0 Å². The second-order valence-electron chi connectivity index (χ2n) is 15.6. The summed E-state index contributed by atoms with van der Waals surface area (Å²) in [5, 5.41) is 13.8. The van der Waals surface area contributed by atoms with Crippen LogP contribution in [0.3, 0.4) is 0 Å². The Balaban J connectivity index is 1.52. The third kappa shape index (κ3) is 9.68. The molecule has 1 aliphatic heterocycles. The predicted octanol–water partition coefficient (Wildman–Crippen LogP) is 8.01. The van der Waals surface area contributed by atoms with E-state index < -0.39 is 8.32 Å². The molecular formula is C44H60O6Si. The third-order valence-corrected chi connectivity index (χ3v) is 16.4. The summed E-state index contributed by atoms with van der Waals surface area (Å²) in [6, 6.07) is 32.3. The van der Waals surface area contributed by atoms with Gasteiger partial charge in [-0.3, -0.25) is 4.79 Å². The van der Waals surface area contributed by atoms with Crippen molar-refractivity contribution in [3.05, 3.63) is 109 Å². The first-order valence-corrected chi connectivity index (χ1v) is 21.0. The summed E-state index contributed by atoms with van der Waals surface area (Å²) in [6.45, 7) is 8.30. The van der Waals surface area contributed by atoms with Gasteiger partial charge in [-0.05, 0) is 90.1 Å². The van der Waals surface area contributed by atoms with Crippen LogP contribution in [0.15, 0.2) is 103 Å². The number of rotatable bonds is 17. The second kappa shape index (κ2) is 18.6. The lowest BCUT2D eigenvalue weighted by atomic mass is 9.71. The summed E-state index contributed by atoms with van der Waals surface area (Å²) < 4.78 is 25.6. The van der Waals surface area contributed by atoms with Gasteiger partial charge in [-0.2, -0.15) is 0 Å². The van der Waals surface area contributed by atoms with Gasteiger partial charge in [-0.25, -0.2) is 0 Å². The summed E-state index contributed by atoms with van der Waals surface area (Å²) in [6.07, 6.45) is 12.4. The SMILES string of the molecule is COC(=O)CCC/C=C\C[C@@H]1[C@@H](CO[Si](c2ccccc2)(c2ccccc2)C(C)(C)C)[C@H](OC2CCCCO2)C[C@@]1(CO)CCc1ccccc1. The molecule has 0 radical (unpaired) electrons.